The molecule has 4 nitrogen and oxygen atoms in total. The molecular formula is C15H24N4S. The minimum absolute atomic E-state index is 0.406. The van der Waals surface area contributed by atoms with Crippen LogP contribution in [-0.4, -0.2) is 27.9 Å². The molecule has 2 heterocycles. The summed E-state index contributed by atoms with van der Waals surface area (Å²) in [5, 5.41) is 11.3. The molecule has 1 unspecified atom stereocenters. The molecule has 0 saturated heterocycles. The molecule has 0 amide bonds. The van der Waals surface area contributed by atoms with Crippen molar-refractivity contribution in [1.29, 1.82) is 0 Å². The molecule has 0 aliphatic rings. The zero-order valence-corrected chi connectivity index (χ0v) is 13.6. The van der Waals surface area contributed by atoms with Crippen LogP contribution in [0.1, 0.15) is 35.9 Å². The fourth-order valence-corrected chi connectivity index (χ4v) is 3.03. The Labute approximate surface area is 125 Å². The summed E-state index contributed by atoms with van der Waals surface area (Å²) < 4.78 is 2.12. The number of aromatic nitrogens is 3. The fourth-order valence-electron chi connectivity index (χ4n) is 2.41. The Bertz CT molecular complexity index is 544. The molecule has 2 rings (SSSR count). The van der Waals surface area contributed by atoms with Gasteiger partial charge in [0, 0.05) is 36.5 Å². The van der Waals surface area contributed by atoms with Gasteiger partial charge < -0.3 is 5.32 Å². The third kappa shape index (κ3) is 3.67. The molecule has 1 N–H and O–H groups in total. The maximum absolute atomic E-state index is 4.62. The first-order chi connectivity index (χ1) is 9.66. The summed E-state index contributed by atoms with van der Waals surface area (Å²) in [5.74, 6) is 0. The molecule has 0 spiro atoms. The van der Waals surface area contributed by atoms with E-state index in [1.807, 2.05) is 7.05 Å². The van der Waals surface area contributed by atoms with Crippen LogP contribution >= 0.6 is 11.3 Å². The number of hydrogen-bond donors (Lipinski definition) is 1. The Kier molecular flexibility index (Phi) is 5.31. The van der Waals surface area contributed by atoms with Gasteiger partial charge >= 0.3 is 0 Å². The van der Waals surface area contributed by atoms with E-state index in [-0.39, 0.29) is 0 Å². The van der Waals surface area contributed by atoms with E-state index in [4.69, 9.17) is 0 Å². The molecule has 1 atom stereocenters. The molecular weight excluding hydrogens is 268 g/mol. The summed E-state index contributed by atoms with van der Waals surface area (Å²) >= 11 is 1.72. The van der Waals surface area contributed by atoms with E-state index in [1.165, 1.54) is 17.1 Å². The Hall–Kier alpha value is -1.20. The summed E-state index contributed by atoms with van der Waals surface area (Å²) in [5.41, 5.74) is 3.68. The fraction of sp³-hybridized carbons (Fsp3) is 0.600. The van der Waals surface area contributed by atoms with Crippen LogP contribution in [0, 0.1) is 6.92 Å². The molecule has 110 valence electrons. The van der Waals surface area contributed by atoms with Crippen LogP contribution in [0.2, 0.25) is 0 Å². The normalized spacial score (nSPS) is 12.8. The van der Waals surface area contributed by atoms with Crippen LogP contribution in [0.15, 0.2) is 11.4 Å². The lowest BCUT2D eigenvalue weighted by Crippen LogP contribution is -2.31. The van der Waals surface area contributed by atoms with Crippen molar-refractivity contribution in [2.24, 2.45) is 0 Å². The van der Waals surface area contributed by atoms with Crippen molar-refractivity contribution in [2.75, 3.05) is 7.05 Å². The second-order valence-electron chi connectivity index (χ2n) is 5.05. The molecule has 2 aromatic heterocycles. The summed E-state index contributed by atoms with van der Waals surface area (Å²) in [6, 6.07) is 2.64. The smallest absolute Gasteiger partial charge is 0.0897 e. The molecule has 20 heavy (non-hydrogen) atoms. The first-order valence-corrected chi connectivity index (χ1v) is 8.18. The quantitative estimate of drug-likeness (QED) is 0.853. The Balaban J connectivity index is 2.07. The largest absolute Gasteiger partial charge is 0.316 e. The maximum Gasteiger partial charge on any atom is 0.0897 e. The molecule has 0 aliphatic heterocycles. The predicted octanol–water partition coefficient (Wildman–Crippen LogP) is 2.60. The molecule has 0 aliphatic carbocycles. The lowest BCUT2D eigenvalue weighted by atomic mass is 10.1. The van der Waals surface area contributed by atoms with Gasteiger partial charge in [0.1, 0.15) is 0 Å². The maximum atomic E-state index is 4.62. The summed E-state index contributed by atoms with van der Waals surface area (Å²) in [6.07, 6.45) is 2.96. The highest BCUT2D eigenvalue weighted by atomic mass is 32.1. The third-order valence-electron chi connectivity index (χ3n) is 3.56. The molecule has 0 radical (unpaired) electrons. The number of aryl methyl sites for hydroxylation is 3. The summed E-state index contributed by atoms with van der Waals surface area (Å²) in [4.78, 5) is 4.56. The highest BCUT2D eigenvalue weighted by Gasteiger charge is 2.14. The van der Waals surface area contributed by atoms with Gasteiger partial charge in [0.2, 0.25) is 0 Å². The summed E-state index contributed by atoms with van der Waals surface area (Å²) in [7, 11) is 2.03. The highest BCUT2D eigenvalue weighted by molar-refractivity contribution is 7.09. The van der Waals surface area contributed by atoms with Gasteiger partial charge in [0.15, 0.2) is 0 Å². The van der Waals surface area contributed by atoms with E-state index in [9.17, 15) is 0 Å². The summed E-state index contributed by atoms with van der Waals surface area (Å²) in [6.45, 7) is 7.29. The first-order valence-electron chi connectivity index (χ1n) is 7.30. The predicted molar refractivity (Wildman–Crippen MR) is 84.4 cm³/mol. The van der Waals surface area contributed by atoms with Crippen LogP contribution < -0.4 is 5.32 Å². The molecule has 0 saturated carbocycles. The van der Waals surface area contributed by atoms with Crippen molar-refractivity contribution in [1.82, 2.24) is 20.1 Å². The zero-order chi connectivity index (χ0) is 14.5. The number of nitrogens with zero attached hydrogens (tertiary/aromatic N) is 3. The highest BCUT2D eigenvalue weighted by Crippen LogP contribution is 2.14. The number of hydrogen-bond acceptors (Lipinski definition) is 4. The number of rotatable bonds is 7. The molecule has 2 aromatic rings. The molecule has 0 bridgehead atoms. The van der Waals surface area contributed by atoms with Crippen LogP contribution in [0.5, 0.6) is 0 Å². The van der Waals surface area contributed by atoms with Crippen molar-refractivity contribution < 1.29 is 0 Å². The molecule has 5 heteroatoms. The minimum Gasteiger partial charge on any atom is -0.316 e. The first kappa shape index (κ1) is 15.2. The van der Waals surface area contributed by atoms with Gasteiger partial charge in [-0.05, 0) is 33.4 Å². The standard InChI is InChI=1S/C15H24N4S/c1-5-12-8-15(19(6-2)18-12)9-13(16-4)7-14-10-20-11(3)17-14/h8,10,13,16H,5-7,9H2,1-4H3. The Morgan fingerprint density at radius 1 is 1.30 bits per heavy atom. The average Bonchev–Trinajstić information content (AvgIpc) is 3.04. The van der Waals surface area contributed by atoms with Gasteiger partial charge in [-0.15, -0.1) is 11.3 Å². The second-order valence-corrected chi connectivity index (χ2v) is 6.11. The van der Waals surface area contributed by atoms with Crippen molar-refractivity contribution >= 4 is 11.3 Å². The van der Waals surface area contributed by atoms with E-state index < -0.39 is 0 Å². The van der Waals surface area contributed by atoms with Crippen LogP contribution in [0.4, 0.5) is 0 Å². The SMILES string of the molecule is CCc1cc(CC(Cc2csc(C)n2)NC)n(CC)n1. The van der Waals surface area contributed by atoms with E-state index in [0.29, 0.717) is 6.04 Å². The van der Waals surface area contributed by atoms with Crippen molar-refractivity contribution in [2.45, 2.75) is 52.6 Å². The van der Waals surface area contributed by atoms with Crippen molar-refractivity contribution in [3.8, 4) is 0 Å². The van der Waals surface area contributed by atoms with E-state index in [1.54, 1.807) is 11.3 Å². The Morgan fingerprint density at radius 3 is 2.65 bits per heavy atom. The lowest BCUT2D eigenvalue weighted by molar-refractivity contribution is 0.516. The minimum atomic E-state index is 0.406. The lowest BCUT2D eigenvalue weighted by Gasteiger charge is -2.15. The average molecular weight is 292 g/mol. The van der Waals surface area contributed by atoms with Crippen LogP contribution in [-0.2, 0) is 25.8 Å². The second kappa shape index (κ2) is 6.99. The molecule has 0 aromatic carbocycles. The van der Waals surface area contributed by atoms with Gasteiger partial charge in [-0.1, -0.05) is 6.92 Å². The monoisotopic (exact) mass is 292 g/mol. The van der Waals surface area contributed by atoms with Crippen LogP contribution in [0.25, 0.3) is 0 Å². The third-order valence-corrected chi connectivity index (χ3v) is 4.38. The van der Waals surface area contributed by atoms with Gasteiger partial charge in [-0.25, -0.2) is 4.98 Å². The zero-order valence-electron chi connectivity index (χ0n) is 12.8. The Morgan fingerprint density at radius 2 is 2.10 bits per heavy atom. The number of likely N-dealkylation sites (N-methyl/N-ethyl adjacent to an activating group) is 1. The van der Waals surface area contributed by atoms with Gasteiger partial charge in [0.05, 0.1) is 16.4 Å². The van der Waals surface area contributed by atoms with E-state index in [0.717, 1.165) is 30.8 Å². The van der Waals surface area contributed by atoms with Gasteiger partial charge in [-0.2, -0.15) is 5.10 Å². The van der Waals surface area contributed by atoms with Gasteiger partial charge in [-0.3, -0.25) is 4.68 Å². The van der Waals surface area contributed by atoms with E-state index in [2.05, 4.69) is 52.3 Å². The van der Waals surface area contributed by atoms with Crippen molar-refractivity contribution in [3.63, 3.8) is 0 Å². The van der Waals surface area contributed by atoms with Crippen LogP contribution in [0.3, 0.4) is 0 Å². The van der Waals surface area contributed by atoms with Crippen molar-refractivity contribution in [3.05, 3.63) is 33.5 Å². The van der Waals surface area contributed by atoms with Gasteiger partial charge in [0.25, 0.3) is 0 Å². The molecule has 0 fully saturated rings. The number of nitrogens with one attached hydrogen (secondary N) is 1. The number of thiazole rings is 1. The van der Waals surface area contributed by atoms with E-state index >= 15 is 0 Å². The topological polar surface area (TPSA) is 42.7 Å².